The number of aromatic amines is 2. The lowest BCUT2D eigenvalue weighted by Gasteiger charge is -2.12. The first-order valence-electron chi connectivity index (χ1n) is 18.1. The summed E-state index contributed by atoms with van der Waals surface area (Å²) >= 11 is 0. The number of hydrogen-bond acceptors (Lipinski definition) is 6. The first-order valence-corrected chi connectivity index (χ1v) is 18.1. The van der Waals surface area contributed by atoms with Gasteiger partial charge in [-0.2, -0.15) is 0 Å². The summed E-state index contributed by atoms with van der Waals surface area (Å²) in [5, 5.41) is 44.4. The predicted octanol–water partition coefficient (Wildman–Crippen LogP) is 11.7. The van der Waals surface area contributed by atoms with Gasteiger partial charge in [-0.25, -0.2) is 49.5 Å². The van der Waals surface area contributed by atoms with Crippen molar-refractivity contribution in [3.63, 3.8) is 0 Å². The molecule has 8 bridgehead atoms. The van der Waals surface area contributed by atoms with Crippen LogP contribution in [0, 0.1) is 59.3 Å². The van der Waals surface area contributed by atoms with Crippen molar-refractivity contribution in [3.8, 4) is 67.5 Å². The quantitative estimate of drug-likeness (QED) is 0.0592. The molecule has 4 aromatic carbocycles. The third-order valence-electron chi connectivity index (χ3n) is 10.5. The fourth-order valence-electron chi connectivity index (χ4n) is 7.62. The molecule has 5 heterocycles. The number of aromatic hydroxyl groups is 4. The second kappa shape index (κ2) is 14.4. The van der Waals surface area contributed by atoms with Gasteiger partial charge >= 0.3 is 0 Å². The highest BCUT2D eigenvalue weighted by molar-refractivity contribution is 6.02. The SMILES string of the molecule is Cc1c(F)c(F)c(F)c(-c2c3nc(c(-c4c(O)cccc4O)c4ccc([nH]4)c(-c4c(F)c(F)c(F)c(F)c4F)c4nc(c(-c5c(O)cccc5O)c5ccc2[nH]5)C=C4)C=C3)c1F. The minimum Gasteiger partial charge on any atom is -0.507 e. The average molecular weight is 855 g/mol. The zero-order chi connectivity index (χ0) is 44.0. The summed E-state index contributed by atoms with van der Waals surface area (Å²) in [5.74, 6) is -20.9. The number of rotatable bonds is 4. The van der Waals surface area contributed by atoms with Crippen molar-refractivity contribution in [3.05, 3.63) is 141 Å². The van der Waals surface area contributed by atoms with Gasteiger partial charge in [-0.3, -0.25) is 0 Å². The van der Waals surface area contributed by atoms with E-state index in [0.29, 0.717) is 0 Å². The number of fused-ring (bicyclic) bond motifs is 8. The van der Waals surface area contributed by atoms with Crippen molar-refractivity contribution >= 4 is 46.4 Å². The maximum Gasteiger partial charge on any atom is 0.200 e. The van der Waals surface area contributed by atoms with Crippen molar-refractivity contribution in [2.24, 2.45) is 0 Å². The van der Waals surface area contributed by atoms with Crippen LogP contribution in [0.2, 0.25) is 0 Å². The van der Waals surface area contributed by atoms with Crippen molar-refractivity contribution in [2.75, 3.05) is 0 Å². The number of H-pyrrole nitrogens is 2. The van der Waals surface area contributed by atoms with E-state index in [1.807, 2.05) is 0 Å². The van der Waals surface area contributed by atoms with Crippen LogP contribution in [0.15, 0.2) is 60.7 Å². The minimum absolute atomic E-state index is 0.0933. The van der Waals surface area contributed by atoms with E-state index >= 15 is 22.0 Å². The highest BCUT2D eigenvalue weighted by atomic mass is 19.2. The molecule has 0 spiro atoms. The Hall–Kier alpha value is -7.95. The van der Waals surface area contributed by atoms with Crippen LogP contribution in [0.25, 0.3) is 90.9 Å². The number of benzene rings is 4. The fraction of sp³-hybridized carbons (Fsp3) is 0.0222. The van der Waals surface area contributed by atoms with Crippen molar-refractivity contribution in [1.29, 1.82) is 0 Å². The Labute approximate surface area is 341 Å². The first-order chi connectivity index (χ1) is 29.6. The predicted molar refractivity (Wildman–Crippen MR) is 212 cm³/mol. The molecular weight excluding hydrogens is 832 g/mol. The Kier molecular flexibility index (Phi) is 9.15. The standard InChI is InChI=1S/C45H23F9N4O4/c1-16-37(46)35(39(48)42(51)38(16)47)31-21-12-8-17(55-21)29(33-25(59)4-2-5-26(33)60)19-10-14-23(57-19)32(36-40(49)43(52)45(54)44(53)41(36)50)24-15-11-20(58-24)30(18-9-13-22(31)56-18)34-27(61)6-3-7-28(34)62/h2-15,55,58-62H,1H3. The molecule has 17 heteroatoms. The monoisotopic (exact) mass is 854 g/mol. The van der Waals surface area contributed by atoms with E-state index in [-0.39, 0.29) is 61.4 Å². The van der Waals surface area contributed by atoms with Gasteiger partial charge in [0.15, 0.2) is 40.7 Å². The van der Waals surface area contributed by atoms with Crippen LogP contribution in [0.1, 0.15) is 28.3 Å². The minimum atomic E-state index is -2.44. The zero-order valence-electron chi connectivity index (χ0n) is 31.2. The van der Waals surface area contributed by atoms with E-state index in [0.717, 1.165) is 13.0 Å². The Bertz CT molecular complexity index is 3060. The van der Waals surface area contributed by atoms with Crippen LogP contribution < -0.4 is 0 Å². The highest BCUT2D eigenvalue weighted by Gasteiger charge is 2.31. The van der Waals surface area contributed by atoms with Gasteiger partial charge in [0.25, 0.3) is 0 Å². The number of aromatic nitrogens is 4. The number of halogens is 9. The molecule has 0 saturated carbocycles. The summed E-state index contributed by atoms with van der Waals surface area (Å²) in [6.45, 7) is 0.885. The molecule has 6 N–H and O–H groups in total. The molecule has 0 radical (unpaired) electrons. The lowest BCUT2D eigenvalue weighted by atomic mass is 9.99. The van der Waals surface area contributed by atoms with Crippen LogP contribution in [-0.2, 0) is 0 Å². The molecule has 7 aromatic rings. The van der Waals surface area contributed by atoms with Gasteiger partial charge in [-0.1, -0.05) is 12.1 Å². The molecule has 8 nitrogen and oxygen atoms in total. The van der Waals surface area contributed by atoms with E-state index in [9.17, 15) is 38.0 Å². The number of nitrogens with zero attached hydrogens (tertiary/aromatic N) is 2. The molecule has 0 aliphatic carbocycles. The third-order valence-corrected chi connectivity index (χ3v) is 10.5. The Balaban J connectivity index is 1.57. The largest absolute Gasteiger partial charge is 0.507 e. The third kappa shape index (κ3) is 5.87. The number of hydrogen-bond donors (Lipinski definition) is 6. The molecule has 0 amide bonds. The van der Waals surface area contributed by atoms with Gasteiger partial charge < -0.3 is 30.4 Å². The van der Waals surface area contributed by atoms with Crippen LogP contribution >= 0.6 is 0 Å². The normalized spacial score (nSPS) is 12.2. The second-order valence-electron chi connectivity index (χ2n) is 14.0. The van der Waals surface area contributed by atoms with E-state index in [1.165, 1.54) is 78.9 Å². The molecule has 2 aliphatic rings. The number of nitrogens with one attached hydrogen (secondary N) is 2. The summed E-state index contributed by atoms with van der Waals surface area (Å²) in [4.78, 5) is 14.8. The number of phenolic OH excluding ortho intramolecular Hbond substituents is 4. The zero-order valence-corrected chi connectivity index (χ0v) is 31.2. The van der Waals surface area contributed by atoms with E-state index in [1.54, 1.807) is 0 Å². The molecule has 0 fully saturated rings. The molecule has 2 aliphatic heterocycles. The first kappa shape index (κ1) is 39.5. The molecule has 3 aromatic heterocycles. The van der Waals surface area contributed by atoms with E-state index in [2.05, 4.69) is 19.9 Å². The van der Waals surface area contributed by atoms with Crippen molar-refractivity contribution in [2.45, 2.75) is 6.92 Å². The summed E-state index contributed by atoms with van der Waals surface area (Å²) in [7, 11) is 0. The van der Waals surface area contributed by atoms with Crippen molar-refractivity contribution in [1.82, 2.24) is 19.9 Å². The van der Waals surface area contributed by atoms with Gasteiger partial charge in [-0.05, 0) is 79.8 Å². The Morgan fingerprint density at radius 3 is 0.952 bits per heavy atom. The summed E-state index contributed by atoms with van der Waals surface area (Å²) in [6, 6.07) is 12.2. The topological polar surface area (TPSA) is 138 Å². The molecule has 0 unspecified atom stereocenters. The summed E-state index contributed by atoms with van der Waals surface area (Å²) < 4.78 is 138. The van der Waals surface area contributed by atoms with Crippen LogP contribution in [-0.4, -0.2) is 40.4 Å². The lowest BCUT2D eigenvalue weighted by molar-refractivity contribution is 0.381. The molecule has 62 heavy (non-hydrogen) atoms. The molecule has 310 valence electrons. The van der Waals surface area contributed by atoms with E-state index in [4.69, 9.17) is 0 Å². The van der Waals surface area contributed by atoms with Crippen LogP contribution in [0.3, 0.4) is 0 Å². The maximum atomic E-state index is 16.2. The van der Waals surface area contributed by atoms with Crippen LogP contribution in [0.4, 0.5) is 39.5 Å². The van der Waals surface area contributed by atoms with Gasteiger partial charge in [0, 0.05) is 49.9 Å². The number of phenols is 4. The summed E-state index contributed by atoms with van der Waals surface area (Å²) in [6.07, 6.45) is 4.84. The lowest BCUT2D eigenvalue weighted by Crippen LogP contribution is -2.05. The van der Waals surface area contributed by atoms with Gasteiger partial charge in [0.1, 0.15) is 28.8 Å². The Morgan fingerprint density at radius 2 is 0.613 bits per heavy atom. The van der Waals surface area contributed by atoms with Crippen molar-refractivity contribution < 1.29 is 59.9 Å². The maximum absolute atomic E-state index is 16.2. The van der Waals surface area contributed by atoms with Gasteiger partial charge in [0.2, 0.25) is 5.82 Å². The van der Waals surface area contributed by atoms with Crippen LogP contribution in [0.5, 0.6) is 23.0 Å². The molecule has 9 rings (SSSR count). The summed E-state index contributed by atoms with van der Waals surface area (Å²) in [5.41, 5.74) is -7.47. The van der Waals surface area contributed by atoms with E-state index < -0.39 is 109 Å². The average Bonchev–Trinajstić information content (AvgIpc) is 4.10. The smallest absolute Gasteiger partial charge is 0.200 e. The fourth-order valence-corrected chi connectivity index (χ4v) is 7.62. The van der Waals surface area contributed by atoms with Gasteiger partial charge in [-0.15, -0.1) is 0 Å². The highest BCUT2D eigenvalue weighted by Crippen LogP contribution is 2.46. The van der Waals surface area contributed by atoms with Gasteiger partial charge in [0.05, 0.1) is 45.0 Å². The molecular formula is C45H23F9N4O4. The Morgan fingerprint density at radius 1 is 0.339 bits per heavy atom. The molecule has 0 saturated heterocycles. The second-order valence-corrected chi connectivity index (χ2v) is 14.0. The molecule has 0 atom stereocenters.